The Hall–Kier alpha value is -2.87. The number of rotatable bonds is 7. The molecular weight excluding hydrogens is 490 g/mol. The minimum atomic E-state index is -3.96. The number of benzene rings is 2. The van der Waals surface area contributed by atoms with Crippen molar-refractivity contribution in [3.05, 3.63) is 52.8 Å². The third kappa shape index (κ3) is 5.93. The molecule has 3 aromatic rings. The number of aryl methyl sites for hydroxylation is 2. The summed E-state index contributed by atoms with van der Waals surface area (Å²) in [7, 11) is -6.64. The maximum atomic E-state index is 12.6. The maximum absolute atomic E-state index is 12.6. The van der Waals surface area contributed by atoms with E-state index in [4.69, 9.17) is 5.14 Å². The normalized spacial score (nSPS) is 12.8. The average Bonchev–Trinajstić information content (AvgIpc) is 3.07. The number of amides is 1. The Labute approximate surface area is 194 Å². The van der Waals surface area contributed by atoms with Crippen molar-refractivity contribution >= 4 is 53.3 Å². The summed E-state index contributed by atoms with van der Waals surface area (Å²) in [6.07, 6.45) is -0.0394. The van der Waals surface area contributed by atoms with Gasteiger partial charge in [0.1, 0.15) is 5.75 Å². The van der Waals surface area contributed by atoms with E-state index in [-0.39, 0.29) is 27.6 Å². The Balaban J connectivity index is 2.04. The number of carbonyl (C=O) groups is 2. The molecule has 2 N–H and O–H groups in total. The number of aromatic nitrogens is 1. The fourth-order valence-corrected chi connectivity index (χ4v) is 5.80. The number of sulfonamides is 1. The van der Waals surface area contributed by atoms with Crippen LogP contribution in [0.3, 0.4) is 0 Å². The molecule has 0 saturated carbocycles. The number of esters is 1. The molecule has 0 saturated heterocycles. The molecule has 0 aliphatic carbocycles. The van der Waals surface area contributed by atoms with E-state index in [0.29, 0.717) is 10.2 Å². The number of hydrogen-bond acceptors (Lipinski definition) is 8. The van der Waals surface area contributed by atoms with E-state index in [1.807, 2.05) is 6.92 Å². The van der Waals surface area contributed by atoms with Crippen LogP contribution in [0.1, 0.15) is 12.0 Å². The smallest absolute Gasteiger partial charge is 0.307 e. The molecule has 10 nitrogen and oxygen atoms in total. The first kappa shape index (κ1) is 24.8. The summed E-state index contributed by atoms with van der Waals surface area (Å²) in [5.41, 5.74) is 1.38. The molecule has 1 amide bonds. The SMILES string of the molecule is COC(=O)CCn1c(=NC(=O)CS(=O)(=O)c2ccc(C)cc2)sc2cc(S(N)(=O)=O)ccc21. The van der Waals surface area contributed by atoms with Crippen LogP contribution in [0.15, 0.2) is 57.2 Å². The highest BCUT2D eigenvalue weighted by Crippen LogP contribution is 2.22. The molecule has 0 spiro atoms. The fraction of sp³-hybridized carbons (Fsp3) is 0.250. The molecule has 0 unspecified atom stereocenters. The van der Waals surface area contributed by atoms with Crippen molar-refractivity contribution in [2.24, 2.45) is 10.1 Å². The van der Waals surface area contributed by atoms with Gasteiger partial charge in [-0.1, -0.05) is 29.0 Å². The van der Waals surface area contributed by atoms with Crippen LogP contribution in [0.4, 0.5) is 0 Å². The summed E-state index contributed by atoms with van der Waals surface area (Å²) in [5, 5.41) is 5.19. The van der Waals surface area contributed by atoms with Crippen LogP contribution in [-0.4, -0.2) is 46.1 Å². The van der Waals surface area contributed by atoms with Crippen molar-refractivity contribution in [2.45, 2.75) is 29.7 Å². The zero-order valence-electron chi connectivity index (χ0n) is 17.7. The van der Waals surface area contributed by atoms with Gasteiger partial charge in [0.05, 0.1) is 33.5 Å². The quantitative estimate of drug-likeness (QED) is 0.466. The molecule has 0 bridgehead atoms. The number of nitrogens with two attached hydrogens (primary N) is 1. The summed E-state index contributed by atoms with van der Waals surface area (Å²) < 4.78 is 55.2. The van der Waals surface area contributed by atoms with Gasteiger partial charge >= 0.3 is 5.97 Å². The lowest BCUT2D eigenvalue weighted by atomic mass is 10.2. The summed E-state index contributed by atoms with van der Waals surface area (Å²) in [5.74, 6) is -2.24. The van der Waals surface area contributed by atoms with E-state index in [9.17, 15) is 26.4 Å². The average molecular weight is 512 g/mol. The largest absolute Gasteiger partial charge is 0.469 e. The van der Waals surface area contributed by atoms with Crippen LogP contribution in [0.2, 0.25) is 0 Å². The number of hydrogen-bond donors (Lipinski definition) is 1. The van der Waals surface area contributed by atoms with Crippen molar-refractivity contribution in [3.63, 3.8) is 0 Å². The molecule has 13 heteroatoms. The van der Waals surface area contributed by atoms with Crippen LogP contribution in [0.25, 0.3) is 10.2 Å². The molecule has 0 fully saturated rings. The molecule has 3 rings (SSSR count). The van der Waals surface area contributed by atoms with Gasteiger partial charge in [-0.3, -0.25) is 9.59 Å². The summed E-state index contributed by atoms with van der Waals surface area (Å²) in [4.78, 5) is 28.1. The zero-order valence-corrected chi connectivity index (χ0v) is 20.2. The van der Waals surface area contributed by atoms with Gasteiger partial charge in [0.15, 0.2) is 14.6 Å². The molecule has 1 heterocycles. The van der Waals surface area contributed by atoms with Crippen LogP contribution in [-0.2, 0) is 40.7 Å². The Morgan fingerprint density at radius 1 is 1.06 bits per heavy atom. The van der Waals surface area contributed by atoms with Crippen LogP contribution < -0.4 is 9.94 Å². The Morgan fingerprint density at radius 2 is 1.70 bits per heavy atom. The first-order valence-corrected chi connectivity index (χ1v) is 13.5. The fourth-order valence-electron chi connectivity index (χ4n) is 2.97. The van der Waals surface area contributed by atoms with Crippen molar-refractivity contribution in [1.29, 1.82) is 0 Å². The summed E-state index contributed by atoms with van der Waals surface area (Å²) in [6.45, 7) is 1.89. The number of carbonyl (C=O) groups excluding carboxylic acids is 2. The second-order valence-electron chi connectivity index (χ2n) is 7.11. The van der Waals surface area contributed by atoms with E-state index in [2.05, 4.69) is 9.73 Å². The molecule has 0 radical (unpaired) electrons. The predicted molar refractivity (Wildman–Crippen MR) is 122 cm³/mol. The highest BCUT2D eigenvalue weighted by molar-refractivity contribution is 7.92. The molecular formula is C20H21N3O7S3. The molecule has 0 aliphatic rings. The van der Waals surface area contributed by atoms with E-state index < -0.39 is 37.5 Å². The minimum absolute atomic E-state index is 0.00403. The number of thiazole rings is 1. The standard InChI is InChI=1S/C20H21N3O7S3/c1-13-3-5-14(6-4-13)32(26,27)12-18(24)22-20-23(10-9-19(25)30-2)16-8-7-15(33(21,28)29)11-17(16)31-20/h3-8,11H,9-10,12H2,1-2H3,(H2,21,28,29). The Morgan fingerprint density at radius 3 is 2.30 bits per heavy atom. The van der Waals surface area contributed by atoms with Crippen molar-refractivity contribution in [2.75, 3.05) is 12.9 Å². The number of methoxy groups -OCH3 is 1. The number of primary sulfonamides is 1. The van der Waals surface area contributed by atoms with Gasteiger partial charge in [0.2, 0.25) is 10.0 Å². The van der Waals surface area contributed by atoms with Gasteiger partial charge in [-0.2, -0.15) is 4.99 Å². The van der Waals surface area contributed by atoms with Gasteiger partial charge in [-0.15, -0.1) is 0 Å². The second-order valence-corrected chi connectivity index (χ2v) is 11.7. The summed E-state index contributed by atoms with van der Waals surface area (Å²) >= 11 is 0.974. The molecule has 0 atom stereocenters. The number of fused-ring (bicyclic) bond motifs is 1. The second kappa shape index (κ2) is 9.55. The van der Waals surface area contributed by atoms with E-state index in [1.54, 1.807) is 12.1 Å². The predicted octanol–water partition coefficient (Wildman–Crippen LogP) is 1.12. The third-order valence-corrected chi connectivity index (χ3v) is 8.23. The molecule has 33 heavy (non-hydrogen) atoms. The van der Waals surface area contributed by atoms with E-state index >= 15 is 0 Å². The molecule has 2 aromatic carbocycles. The first-order chi connectivity index (χ1) is 15.4. The first-order valence-electron chi connectivity index (χ1n) is 9.51. The van der Waals surface area contributed by atoms with Crippen molar-refractivity contribution < 1.29 is 31.2 Å². The van der Waals surface area contributed by atoms with Gasteiger partial charge in [-0.05, 0) is 37.3 Å². The minimum Gasteiger partial charge on any atom is -0.469 e. The summed E-state index contributed by atoms with van der Waals surface area (Å²) in [6, 6.07) is 10.2. The Kier molecular flexibility index (Phi) is 7.17. The number of sulfone groups is 1. The lowest BCUT2D eigenvalue weighted by Crippen LogP contribution is -2.22. The molecule has 1 aromatic heterocycles. The monoisotopic (exact) mass is 511 g/mol. The van der Waals surface area contributed by atoms with Gasteiger partial charge in [-0.25, -0.2) is 22.0 Å². The Bertz CT molecular complexity index is 1500. The van der Waals surface area contributed by atoms with E-state index in [0.717, 1.165) is 16.9 Å². The van der Waals surface area contributed by atoms with Crippen molar-refractivity contribution in [3.8, 4) is 0 Å². The van der Waals surface area contributed by atoms with Crippen LogP contribution in [0, 0.1) is 6.92 Å². The molecule has 176 valence electrons. The van der Waals surface area contributed by atoms with Crippen LogP contribution in [0.5, 0.6) is 0 Å². The van der Waals surface area contributed by atoms with Crippen molar-refractivity contribution in [1.82, 2.24) is 4.57 Å². The van der Waals surface area contributed by atoms with E-state index in [1.165, 1.54) is 42.0 Å². The number of nitrogens with zero attached hydrogens (tertiary/aromatic N) is 2. The van der Waals surface area contributed by atoms with Gasteiger partial charge in [0.25, 0.3) is 5.91 Å². The zero-order chi connectivity index (χ0) is 24.4. The third-order valence-electron chi connectivity index (χ3n) is 4.66. The highest BCUT2D eigenvalue weighted by atomic mass is 32.2. The topological polar surface area (TPSA) is 155 Å². The maximum Gasteiger partial charge on any atom is 0.307 e. The van der Waals surface area contributed by atoms with Crippen LogP contribution >= 0.6 is 11.3 Å². The lowest BCUT2D eigenvalue weighted by molar-refractivity contribution is -0.140. The molecule has 0 aliphatic heterocycles. The lowest BCUT2D eigenvalue weighted by Gasteiger charge is -2.05. The van der Waals surface area contributed by atoms with Gasteiger partial charge < -0.3 is 9.30 Å². The van der Waals surface area contributed by atoms with Gasteiger partial charge in [0, 0.05) is 6.54 Å². The number of ether oxygens (including phenoxy) is 1. The highest BCUT2D eigenvalue weighted by Gasteiger charge is 2.20.